The van der Waals surface area contributed by atoms with Gasteiger partial charge in [-0.05, 0) is 6.92 Å². The number of aliphatic hydroxyl groups excluding tert-OH is 1. The molecule has 0 radical (unpaired) electrons. The number of nitrogens with zero attached hydrogens (tertiary/aromatic N) is 5. The number of ether oxygens (including phenoxy) is 1. The van der Waals surface area contributed by atoms with Crippen molar-refractivity contribution in [2.24, 2.45) is 0 Å². The second kappa shape index (κ2) is 6.27. The molecule has 0 fully saturated rings. The van der Waals surface area contributed by atoms with E-state index in [2.05, 4.69) is 22.2 Å². The average molecular weight is 251 g/mol. The number of aliphatic hydroxyl groups is 1. The van der Waals surface area contributed by atoms with Crippen molar-refractivity contribution >= 4 is 0 Å². The van der Waals surface area contributed by atoms with E-state index >= 15 is 0 Å². The number of aryl methyl sites for hydroxylation is 1. The Morgan fingerprint density at radius 2 is 2.28 bits per heavy atom. The van der Waals surface area contributed by atoms with Gasteiger partial charge >= 0.3 is 0 Å². The highest BCUT2D eigenvalue weighted by Gasteiger charge is 2.09. The van der Waals surface area contributed by atoms with E-state index in [1.54, 1.807) is 10.9 Å². The molecule has 2 aromatic heterocycles. The van der Waals surface area contributed by atoms with Crippen molar-refractivity contribution in [3.8, 4) is 11.5 Å². The number of hydrogen-bond donors (Lipinski definition) is 1. The molecule has 0 atom stereocenters. The molecule has 0 amide bonds. The Morgan fingerprint density at radius 3 is 3.06 bits per heavy atom. The van der Waals surface area contributed by atoms with Crippen molar-refractivity contribution in [2.75, 3.05) is 19.8 Å². The minimum atomic E-state index is 0.0382. The highest BCUT2D eigenvalue weighted by Crippen LogP contribution is 2.13. The molecule has 0 saturated carbocycles. The first-order chi connectivity index (χ1) is 8.85. The zero-order chi connectivity index (χ0) is 12.8. The third kappa shape index (κ3) is 2.93. The lowest BCUT2D eigenvalue weighted by Gasteiger charge is -2.01. The maximum absolute atomic E-state index is 8.58. The average Bonchev–Trinajstić information content (AvgIpc) is 3.02. The predicted molar refractivity (Wildman–Crippen MR) is 64.8 cm³/mol. The molecule has 2 heterocycles. The molecule has 7 nitrogen and oxygen atoms in total. The van der Waals surface area contributed by atoms with E-state index in [0.717, 1.165) is 18.1 Å². The molecule has 2 rings (SSSR count). The SMILES string of the molecule is CCn1ccnc1-c1cn(CCOCCO)nn1. The van der Waals surface area contributed by atoms with Crippen molar-refractivity contribution < 1.29 is 9.84 Å². The first kappa shape index (κ1) is 12.7. The van der Waals surface area contributed by atoms with Crippen LogP contribution in [0.1, 0.15) is 6.92 Å². The highest BCUT2D eigenvalue weighted by molar-refractivity contribution is 5.47. The summed E-state index contributed by atoms with van der Waals surface area (Å²) in [6.45, 7) is 4.41. The molecule has 0 aromatic carbocycles. The predicted octanol–water partition coefficient (Wildman–Crippen LogP) is 0.170. The minimum Gasteiger partial charge on any atom is -0.394 e. The third-order valence-corrected chi connectivity index (χ3v) is 2.52. The molecule has 2 aromatic rings. The quantitative estimate of drug-likeness (QED) is 0.710. The number of imidazole rings is 1. The van der Waals surface area contributed by atoms with Crippen LogP contribution in [0, 0.1) is 0 Å². The third-order valence-electron chi connectivity index (χ3n) is 2.52. The van der Waals surface area contributed by atoms with Crippen molar-refractivity contribution in [1.82, 2.24) is 24.5 Å². The van der Waals surface area contributed by atoms with Crippen LogP contribution in [0.25, 0.3) is 11.5 Å². The van der Waals surface area contributed by atoms with E-state index < -0.39 is 0 Å². The van der Waals surface area contributed by atoms with E-state index in [9.17, 15) is 0 Å². The first-order valence-corrected chi connectivity index (χ1v) is 5.95. The Kier molecular flexibility index (Phi) is 4.43. The highest BCUT2D eigenvalue weighted by atomic mass is 16.5. The summed E-state index contributed by atoms with van der Waals surface area (Å²) in [4.78, 5) is 4.26. The van der Waals surface area contributed by atoms with Gasteiger partial charge in [0.25, 0.3) is 0 Å². The minimum absolute atomic E-state index is 0.0382. The molecule has 0 aliphatic carbocycles. The van der Waals surface area contributed by atoms with Crippen LogP contribution in [-0.4, -0.2) is 49.5 Å². The standard InChI is InChI=1S/C11H17N5O2/c1-2-15-4-3-12-11(15)10-9-16(14-13-10)5-7-18-8-6-17/h3-4,9,17H,2,5-8H2,1H3. The molecule has 0 spiro atoms. The van der Waals surface area contributed by atoms with Crippen molar-refractivity contribution in [2.45, 2.75) is 20.0 Å². The fraction of sp³-hybridized carbons (Fsp3) is 0.545. The maximum Gasteiger partial charge on any atom is 0.162 e. The lowest BCUT2D eigenvalue weighted by molar-refractivity contribution is 0.0851. The van der Waals surface area contributed by atoms with Crippen molar-refractivity contribution in [3.63, 3.8) is 0 Å². The van der Waals surface area contributed by atoms with Crippen LogP contribution in [0.3, 0.4) is 0 Å². The van der Waals surface area contributed by atoms with Crippen molar-refractivity contribution in [3.05, 3.63) is 18.6 Å². The van der Waals surface area contributed by atoms with E-state index in [1.807, 2.05) is 17.0 Å². The zero-order valence-corrected chi connectivity index (χ0v) is 10.4. The summed E-state index contributed by atoms with van der Waals surface area (Å²) in [6.07, 6.45) is 5.51. The van der Waals surface area contributed by atoms with Crippen LogP contribution in [0.4, 0.5) is 0 Å². The summed E-state index contributed by atoms with van der Waals surface area (Å²) in [6, 6.07) is 0. The van der Waals surface area contributed by atoms with Gasteiger partial charge in [0, 0.05) is 18.9 Å². The Morgan fingerprint density at radius 1 is 1.39 bits per heavy atom. The number of hydrogen-bond acceptors (Lipinski definition) is 5. The Hall–Kier alpha value is -1.73. The van der Waals surface area contributed by atoms with Gasteiger partial charge in [-0.25, -0.2) is 9.67 Å². The van der Waals surface area contributed by atoms with Gasteiger partial charge in [0.2, 0.25) is 0 Å². The van der Waals surface area contributed by atoms with Crippen LogP contribution in [0.5, 0.6) is 0 Å². The first-order valence-electron chi connectivity index (χ1n) is 5.95. The molecule has 0 aliphatic rings. The molecule has 0 aliphatic heterocycles. The Balaban J connectivity index is 1.97. The Labute approximate surface area is 105 Å². The molecule has 98 valence electrons. The van der Waals surface area contributed by atoms with Crippen LogP contribution >= 0.6 is 0 Å². The number of aromatic nitrogens is 5. The molecule has 1 N–H and O–H groups in total. The van der Waals surface area contributed by atoms with E-state index in [-0.39, 0.29) is 6.61 Å². The normalized spacial score (nSPS) is 11.0. The lowest BCUT2D eigenvalue weighted by atomic mass is 10.4. The largest absolute Gasteiger partial charge is 0.394 e. The molecule has 0 bridgehead atoms. The van der Waals surface area contributed by atoms with Gasteiger partial charge in [-0.2, -0.15) is 0 Å². The fourth-order valence-corrected chi connectivity index (χ4v) is 1.63. The second-order valence-corrected chi connectivity index (χ2v) is 3.74. The summed E-state index contributed by atoms with van der Waals surface area (Å²) in [5.74, 6) is 0.819. The fourth-order valence-electron chi connectivity index (χ4n) is 1.63. The second-order valence-electron chi connectivity index (χ2n) is 3.74. The summed E-state index contributed by atoms with van der Waals surface area (Å²) >= 11 is 0. The van der Waals surface area contributed by atoms with Gasteiger partial charge in [0.1, 0.15) is 5.69 Å². The van der Waals surface area contributed by atoms with E-state index in [0.29, 0.717) is 19.8 Å². The van der Waals surface area contributed by atoms with Gasteiger partial charge in [-0.3, -0.25) is 0 Å². The summed E-state index contributed by atoms with van der Waals surface area (Å²) < 4.78 is 8.89. The Bertz CT molecular complexity index is 479. The molecular formula is C11H17N5O2. The monoisotopic (exact) mass is 251 g/mol. The van der Waals surface area contributed by atoms with Gasteiger partial charge in [-0.1, -0.05) is 5.21 Å². The summed E-state index contributed by atoms with van der Waals surface area (Å²) in [7, 11) is 0. The van der Waals surface area contributed by atoms with Crippen LogP contribution in [0.15, 0.2) is 18.6 Å². The van der Waals surface area contributed by atoms with Crippen LogP contribution < -0.4 is 0 Å². The molecule has 7 heteroatoms. The van der Waals surface area contributed by atoms with Gasteiger partial charge in [0.15, 0.2) is 5.82 Å². The lowest BCUT2D eigenvalue weighted by Crippen LogP contribution is -2.08. The topological polar surface area (TPSA) is 78.0 Å². The van der Waals surface area contributed by atoms with E-state index in [4.69, 9.17) is 9.84 Å². The zero-order valence-electron chi connectivity index (χ0n) is 10.4. The van der Waals surface area contributed by atoms with Gasteiger partial charge in [-0.15, -0.1) is 5.10 Å². The summed E-state index contributed by atoms with van der Waals surface area (Å²) in [5.41, 5.74) is 0.754. The molecule has 18 heavy (non-hydrogen) atoms. The van der Waals surface area contributed by atoms with Crippen LogP contribution in [-0.2, 0) is 17.8 Å². The smallest absolute Gasteiger partial charge is 0.162 e. The van der Waals surface area contributed by atoms with Crippen molar-refractivity contribution in [1.29, 1.82) is 0 Å². The molecular weight excluding hydrogens is 234 g/mol. The maximum atomic E-state index is 8.58. The summed E-state index contributed by atoms with van der Waals surface area (Å²) in [5, 5.41) is 16.7. The van der Waals surface area contributed by atoms with Crippen LogP contribution in [0.2, 0.25) is 0 Å². The molecule has 0 saturated heterocycles. The van der Waals surface area contributed by atoms with Gasteiger partial charge < -0.3 is 14.4 Å². The number of rotatable bonds is 7. The van der Waals surface area contributed by atoms with E-state index in [1.165, 1.54) is 0 Å². The van der Waals surface area contributed by atoms with Gasteiger partial charge in [0.05, 0.1) is 32.6 Å². The molecule has 0 unspecified atom stereocenters.